The molecule has 3 aromatic rings. The highest BCUT2D eigenvalue weighted by Crippen LogP contribution is 2.31. The van der Waals surface area contributed by atoms with Gasteiger partial charge in [0.1, 0.15) is 11.5 Å². The third-order valence-corrected chi connectivity index (χ3v) is 5.31. The first kappa shape index (κ1) is 18.1. The summed E-state index contributed by atoms with van der Waals surface area (Å²) in [6.07, 6.45) is 3.99. The molecule has 3 nitrogen and oxygen atoms in total. The van der Waals surface area contributed by atoms with Gasteiger partial charge in [-0.05, 0) is 68.5 Å². The number of hydrogen-bond donors (Lipinski definition) is 1. The van der Waals surface area contributed by atoms with Crippen LogP contribution >= 0.6 is 23.2 Å². The van der Waals surface area contributed by atoms with Crippen molar-refractivity contribution in [3.05, 3.63) is 79.7 Å². The minimum Gasteiger partial charge on any atom is -0.457 e. The van der Waals surface area contributed by atoms with Crippen LogP contribution in [0.25, 0.3) is 11.1 Å². The lowest BCUT2D eigenvalue weighted by atomic mass is 9.91. The van der Waals surface area contributed by atoms with E-state index >= 15 is 0 Å². The summed E-state index contributed by atoms with van der Waals surface area (Å²) in [4.78, 5) is 16.5. The molecule has 0 unspecified atom stereocenters. The molecule has 0 fully saturated rings. The number of rotatable bonds is 3. The zero-order valence-electron chi connectivity index (χ0n) is 14.9. The Kier molecular flexibility index (Phi) is 4.98. The lowest BCUT2D eigenvalue weighted by Crippen LogP contribution is -2.21. The maximum absolute atomic E-state index is 13.1. The van der Waals surface area contributed by atoms with Crippen LogP contribution in [0, 0.1) is 6.92 Å². The van der Waals surface area contributed by atoms with Gasteiger partial charge < -0.3 is 9.72 Å². The minimum absolute atomic E-state index is 0.129. The number of ether oxygens (including phenoxy) is 1. The zero-order chi connectivity index (χ0) is 19.0. The molecular weight excluding hydrogens is 381 g/mol. The van der Waals surface area contributed by atoms with Crippen molar-refractivity contribution in [2.75, 3.05) is 0 Å². The molecule has 0 spiro atoms. The number of aryl methyl sites for hydroxylation is 2. The molecule has 0 atom stereocenters. The Labute approximate surface area is 167 Å². The lowest BCUT2D eigenvalue weighted by Gasteiger charge is -2.18. The van der Waals surface area contributed by atoms with Crippen LogP contribution in [0.3, 0.4) is 0 Å². The molecule has 1 heterocycles. The average molecular weight is 400 g/mol. The van der Waals surface area contributed by atoms with Gasteiger partial charge in [-0.2, -0.15) is 0 Å². The summed E-state index contributed by atoms with van der Waals surface area (Å²) >= 11 is 12.1. The molecular formula is C22H19Cl2NO2. The summed E-state index contributed by atoms with van der Waals surface area (Å²) in [5.41, 5.74) is 4.59. The van der Waals surface area contributed by atoms with Crippen molar-refractivity contribution < 1.29 is 4.74 Å². The van der Waals surface area contributed by atoms with Gasteiger partial charge in [-0.1, -0.05) is 35.3 Å². The number of fused-ring (bicyclic) bond motifs is 1. The molecule has 138 valence electrons. The first-order valence-electron chi connectivity index (χ1n) is 9.00. The first-order valence-corrected chi connectivity index (χ1v) is 9.76. The van der Waals surface area contributed by atoms with E-state index < -0.39 is 0 Å². The van der Waals surface area contributed by atoms with E-state index in [1.165, 1.54) is 0 Å². The van der Waals surface area contributed by atoms with E-state index in [0.717, 1.165) is 48.2 Å². The van der Waals surface area contributed by atoms with E-state index in [9.17, 15) is 4.79 Å². The Hall–Kier alpha value is -2.23. The van der Waals surface area contributed by atoms with Gasteiger partial charge in [-0.15, -0.1) is 0 Å². The van der Waals surface area contributed by atoms with Crippen molar-refractivity contribution in [3.63, 3.8) is 0 Å². The SMILES string of the molecule is Cc1[nH]c2c(c(=O)c1-c1cccc(Oc3cc(Cl)cc(Cl)c3)c1)CCCC2. The maximum Gasteiger partial charge on any atom is 0.193 e. The van der Waals surface area contributed by atoms with Gasteiger partial charge >= 0.3 is 0 Å². The van der Waals surface area contributed by atoms with E-state index in [4.69, 9.17) is 27.9 Å². The van der Waals surface area contributed by atoms with E-state index in [2.05, 4.69) is 4.98 Å². The second-order valence-electron chi connectivity index (χ2n) is 6.85. The van der Waals surface area contributed by atoms with Gasteiger partial charge in [-0.3, -0.25) is 4.79 Å². The van der Waals surface area contributed by atoms with Crippen molar-refractivity contribution in [1.29, 1.82) is 0 Å². The molecule has 5 heteroatoms. The Balaban J connectivity index is 1.74. The first-order chi connectivity index (χ1) is 13.0. The quantitative estimate of drug-likeness (QED) is 0.558. The largest absolute Gasteiger partial charge is 0.457 e. The Morgan fingerprint density at radius 1 is 0.963 bits per heavy atom. The molecule has 1 aliphatic carbocycles. The number of halogens is 2. The monoisotopic (exact) mass is 399 g/mol. The fraction of sp³-hybridized carbons (Fsp3) is 0.227. The predicted octanol–water partition coefficient (Wildman–Crippen LogP) is 6.33. The minimum atomic E-state index is 0.129. The third kappa shape index (κ3) is 3.76. The summed E-state index contributed by atoms with van der Waals surface area (Å²) in [5, 5.41) is 1.02. The smallest absolute Gasteiger partial charge is 0.193 e. The van der Waals surface area contributed by atoms with Crippen LogP contribution in [-0.4, -0.2) is 4.98 Å². The van der Waals surface area contributed by atoms with Crippen molar-refractivity contribution in [2.24, 2.45) is 0 Å². The van der Waals surface area contributed by atoms with Crippen LogP contribution in [0.5, 0.6) is 11.5 Å². The van der Waals surface area contributed by atoms with E-state index in [-0.39, 0.29) is 5.43 Å². The van der Waals surface area contributed by atoms with E-state index in [0.29, 0.717) is 27.1 Å². The van der Waals surface area contributed by atoms with Gasteiger partial charge in [0.25, 0.3) is 0 Å². The van der Waals surface area contributed by atoms with Crippen LogP contribution in [0.2, 0.25) is 10.0 Å². The Morgan fingerprint density at radius 2 is 1.70 bits per heavy atom. The standard InChI is InChI=1S/C22H19Cl2NO2/c1-13-21(22(26)19-7-2-3-8-20(19)25-13)14-5-4-6-17(9-14)27-18-11-15(23)10-16(24)12-18/h4-6,9-12H,2-3,7-8H2,1H3,(H,25,26). The number of nitrogens with one attached hydrogen (secondary N) is 1. The van der Waals surface area contributed by atoms with Crippen molar-refractivity contribution in [3.8, 4) is 22.6 Å². The fourth-order valence-corrected chi connectivity index (χ4v) is 4.20. The second kappa shape index (κ2) is 7.41. The highest BCUT2D eigenvalue weighted by molar-refractivity contribution is 6.34. The van der Waals surface area contributed by atoms with Crippen molar-refractivity contribution >= 4 is 23.2 Å². The normalized spacial score (nSPS) is 13.3. The number of hydrogen-bond acceptors (Lipinski definition) is 2. The molecule has 0 bridgehead atoms. The summed E-state index contributed by atoms with van der Waals surface area (Å²) in [6, 6.07) is 12.6. The summed E-state index contributed by atoms with van der Waals surface area (Å²) < 4.78 is 5.91. The molecule has 1 aromatic heterocycles. The number of benzene rings is 2. The number of aromatic amines is 1. The summed E-state index contributed by atoms with van der Waals surface area (Å²) in [7, 11) is 0. The molecule has 0 saturated heterocycles. The van der Waals surface area contributed by atoms with Crippen LogP contribution in [0.4, 0.5) is 0 Å². The molecule has 0 amide bonds. The number of H-pyrrole nitrogens is 1. The zero-order valence-corrected chi connectivity index (χ0v) is 16.5. The molecule has 1 aliphatic rings. The van der Waals surface area contributed by atoms with Crippen molar-refractivity contribution in [1.82, 2.24) is 4.98 Å². The molecule has 27 heavy (non-hydrogen) atoms. The van der Waals surface area contributed by atoms with Gasteiger partial charge in [0.05, 0.1) is 0 Å². The molecule has 0 radical (unpaired) electrons. The van der Waals surface area contributed by atoms with Crippen LogP contribution in [0.15, 0.2) is 47.3 Å². The highest BCUT2D eigenvalue weighted by atomic mass is 35.5. The van der Waals surface area contributed by atoms with Gasteiger partial charge in [0.2, 0.25) is 0 Å². The molecule has 1 N–H and O–H groups in total. The Bertz CT molecular complexity index is 1050. The van der Waals surface area contributed by atoms with Crippen LogP contribution in [0.1, 0.15) is 29.8 Å². The molecule has 0 saturated carbocycles. The van der Waals surface area contributed by atoms with Gasteiger partial charge in [0.15, 0.2) is 5.43 Å². The number of aromatic nitrogens is 1. The average Bonchev–Trinajstić information content (AvgIpc) is 2.61. The third-order valence-electron chi connectivity index (χ3n) is 4.88. The summed E-state index contributed by atoms with van der Waals surface area (Å²) in [5.74, 6) is 1.18. The van der Waals surface area contributed by atoms with Crippen molar-refractivity contribution in [2.45, 2.75) is 32.6 Å². The van der Waals surface area contributed by atoms with Crippen LogP contribution in [-0.2, 0) is 12.8 Å². The summed E-state index contributed by atoms with van der Waals surface area (Å²) in [6.45, 7) is 1.95. The topological polar surface area (TPSA) is 42.1 Å². The molecule has 2 aromatic carbocycles. The lowest BCUT2D eigenvalue weighted by molar-refractivity contribution is 0.483. The van der Waals surface area contributed by atoms with E-state index in [1.807, 2.05) is 31.2 Å². The molecule has 0 aliphatic heterocycles. The predicted molar refractivity (Wildman–Crippen MR) is 110 cm³/mol. The van der Waals surface area contributed by atoms with Crippen LogP contribution < -0.4 is 10.2 Å². The highest BCUT2D eigenvalue weighted by Gasteiger charge is 2.19. The fourth-order valence-electron chi connectivity index (χ4n) is 3.69. The number of pyridine rings is 1. The maximum atomic E-state index is 13.1. The van der Waals surface area contributed by atoms with E-state index in [1.54, 1.807) is 18.2 Å². The van der Waals surface area contributed by atoms with Gasteiger partial charge in [-0.25, -0.2) is 0 Å². The second-order valence-corrected chi connectivity index (χ2v) is 7.73. The molecule has 4 rings (SSSR count). The van der Waals surface area contributed by atoms with Gasteiger partial charge in [0, 0.05) is 32.6 Å². The Morgan fingerprint density at radius 3 is 2.48 bits per heavy atom.